The van der Waals surface area contributed by atoms with Crippen LogP contribution in [0.2, 0.25) is 0 Å². The van der Waals surface area contributed by atoms with Crippen LogP contribution in [0.1, 0.15) is 31.8 Å². The molecule has 1 heterocycles. The number of para-hydroxylation sites is 1. The van der Waals surface area contributed by atoms with Gasteiger partial charge in [0.15, 0.2) is 0 Å². The molecule has 0 unspecified atom stereocenters. The summed E-state index contributed by atoms with van der Waals surface area (Å²) in [6.45, 7) is 1.57. The van der Waals surface area contributed by atoms with Crippen LogP contribution in [0.25, 0.3) is 0 Å². The number of rotatable bonds is 3. The summed E-state index contributed by atoms with van der Waals surface area (Å²) in [5.74, 6) is -1.37. The lowest BCUT2D eigenvalue weighted by Gasteiger charge is -2.09. The number of hydrogen-bond donors (Lipinski definition) is 3. The van der Waals surface area contributed by atoms with Crippen molar-refractivity contribution >= 4 is 17.6 Å². The molecule has 5 heteroatoms. The SMILES string of the molecule is O=C(Nc1ccccc1C(=O)O)c1ccc2c(c1)CNC2. The predicted molar refractivity (Wildman–Crippen MR) is 78.3 cm³/mol. The van der Waals surface area contributed by atoms with Crippen molar-refractivity contribution in [3.63, 3.8) is 0 Å². The standard InChI is InChI=1S/C16H14N2O3/c19-15(10-5-6-11-8-17-9-12(11)7-10)18-14-4-2-1-3-13(14)16(20)21/h1-7,17H,8-9H2,(H,18,19)(H,20,21). The number of benzene rings is 2. The van der Waals surface area contributed by atoms with Crippen LogP contribution in [-0.2, 0) is 13.1 Å². The third-order valence-corrected chi connectivity index (χ3v) is 3.51. The first kappa shape index (κ1) is 13.3. The highest BCUT2D eigenvalue weighted by Crippen LogP contribution is 2.19. The van der Waals surface area contributed by atoms with E-state index in [0.29, 0.717) is 11.3 Å². The number of fused-ring (bicyclic) bond motifs is 1. The van der Waals surface area contributed by atoms with E-state index in [-0.39, 0.29) is 11.5 Å². The van der Waals surface area contributed by atoms with Gasteiger partial charge in [0, 0.05) is 18.7 Å². The molecule has 21 heavy (non-hydrogen) atoms. The fourth-order valence-corrected chi connectivity index (χ4v) is 2.41. The minimum Gasteiger partial charge on any atom is -0.478 e. The Morgan fingerprint density at radius 1 is 1.05 bits per heavy atom. The highest BCUT2D eigenvalue weighted by molar-refractivity contribution is 6.07. The van der Waals surface area contributed by atoms with Crippen LogP contribution in [0.3, 0.4) is 0 Å². The minimum absolute atomic E-state index is 0.0775. The molecule has 0 saturated carbocycles. The lowest BCUT2D eigenvalue weighted by Crippen LogP contribution is -2.15. The Labute approximate surface area is 121 Å². The topological polar surface area (TPSA) is 78.4 Å². The zero-order valence-corrected chi connectivity index (χ0v) is 11.2. The molecule has 0 fully saturated rings. The van der Waals surface area contributed by atoms with E-state index in [1.165, 1.54) is 11.6 Å². The molecule has 0 aromatic heterocycles. The Balaban J connectivity index is 1.85. The molecular formula is C16H14N2O3. The van der Waals surface area contributed by atoms with Crippen molar-refractivity contribution in [3.8, 4) is 0 Å². The maximum atomic E-state index is 12.3. The van der Waals surface area contributed by atoms with Crippen molar-refractivity contribution in [3.05, 3.63) is 64.7 Å². The number of aromatic carboxylic acids is 1. The molecule has 0 spiro atoms. The molecular weight excluding hydrogens is 268 g/mol. The van der Waals surface area contributed by atoms with Gasteiger partial charge >= 0.3 is 5.97 Å². The normalized spacial score (nSPS) is 12.8. The van der Waals surface area contributed by atoms with Gasteiger partial charge in [-0.3, -0.25) is 4.79 Å². The second-order valence-electron chi connectivity index (χ2n) is 4.89. The summed E-state index contributed by atoms with van der Waals surface area (Å²) < 4.78 is 0. The summed E-state index contributed by atoms with van der Waals surface area (Å²) in [6, 6.07) is 11.9. The number of carbonyl (C=O) groups is 2. The van der Waals surface area contributed by atoms with Gasteiger partial charge in [0.1, 0.15) is 0 Å². The molecule has 1 aliphatic rings. The number of hydrogen-bond acceptors (Lipinski definition) is 3. The van der Waals surface area contributed by atoms with Crippen molar-refractivity contribution in [1.82, 2.24) is 5.32 Å². The fourth-order valence-electron chi connectivity index (χ4n) is 2.41. The Morgan fingerprint density at radius 2 is 1.81 bits per heavy atom. The van der Waals surface area contributed by atoms with Crippen molar-refractivity contribution in [2.45, 2.75) is 13.1 Å². The first-order valence-corrected chi connectivity index (χ1v) is 6.61. The predicted octanol–water partition coefficient (Wildman–Crippen LogP) is 2.24. The lowest BCUT2D eigenvalue weighted by molar-refractivity contribution is 0.0698. The van der Waals surface area contributed by atoms with Gasteiger partial charge in [-0.2, -0.15) is 0 Å². The Kier molecular flexibility index (Phi) is 3.41. The summed E-state index contributed by atoms with van der Waals surface area (Å²) in [4.78, 5) is 23.4. The van der Waals surface area contributed by atoms with Crippen molar-refractivity contribution < 1.29 is 14.7 Å². The van der Waals surface area contributed by atoms with Gasteiger partial charge in [-0.1, -0.05) is 18.2 Å². The van der Waals surface area contributed by atoms with Crippen LogP contribution in [0.15, 0.2) is 42.5 Å². The summed E-state index contributed by atoms with van der Waals surface area (Å²) >= 11 is 0. The second-order valence-corrected chi connectivity index (χ2v) is 4.89. The zero-order chi connectivity index (χ0) is 14.8. The number of carboxylic acid groups (broad SMARTS) is 1. The van der Waals surface area contributed by atoms with Crippen LogP contribution in [0.5, 0.6) is 0 Å². The third-order valence-electron chi connectivity index (χ3n) is 3.51. The van der Waals surface area contributed by atoms with Crippen molar-refractivity contribution in [2.75, 3.05) is 5.32 Å². The molecule has 1 amide bonds. The maximum Gasteiger partial charge on any atom is 0.337 e. The lowest BCUT2D eigenvalue weighted by atomic mass is 10.1. The Hall–Kier alpha value is -2.66. The molecule has 106 valence electrons. The molecule has 5 nitrogen and oxygen atoms in total. The number of amides is 1. The van der Waals surface area contributed by atoms with E-state index in [1.807, 2.05) is 12.1 Å². The average Bonchev–Trinajstić information content (AvgIpc) is 2.94. The summed E-state index contributed by atoms with van der Waals surface area (Å²) in [5, 5.41) is 15.0. The smallest absolute Gasteiger partial charge is 0.337 e. The van der Waals surface area contributed by atoms with Gasteiger partial charge in [-0.05, 0) is 35.4 Å². The van der Waals surface area contributed by atoms with E-state index in [1.54, 1.807) is 24.3 Å². The summed E-state index contributed by atoms with van der Waals surface area (Å²) in [7, 11) is 0. The molecule has 0 saturated heterocycles. The molecule has 0 aliphatic carbocycles. The first-order valence-electron chi connectivity index (χ1n) is 6.61. The number of nitrogens with one attached hydrogen (secondary N) is 2. The van der Waals surface area contributed by atoms with Gasteiger partial charge < -0.3 is 15.7 Å². The van der Waals surface area contributed by atoms with Gasteiger partial charge in [-0.25, -0.2) is 4.79 Å². The van der Waals surface area contributed by atoms with E-state index >= 15 is 0 Å². The van der Waals surface area contributed by atoms with Gasteiger partial charge in [0.05, 0.1) is 11.3 Å². The quantitative estimate of drug-likeness (QED) is 0.806. The second kappa shape index (κ2) is 5.38. The molecule has 3 rings (SSSR count). The molecule has 1 aliphatic heterocycles. The van der Waals surface area contributed by atoms with Gasteiger partial charge in [-0.15, -0.1) is 0 Å². The maximum absolute atomic E-state index is 12.3. The van der Waals surface area contributed by atoms with Crippen LogP contribution >= 0.6 is 0 Å². The van der Waals surface area contributed by atoms with E-state index in [2.05, 4.69) is 10.6 Å². The Morgan fingerprint density at radius 3 is 2.62 bits per heavy atom. The molecule has 3 N–H and O–H groups in total. The van der Waals surface area contributed by atoms with Crippen molar-refractivity contribution in [1.29, 1.82) is 0 Å². The summed E-state index contributed by atoms with van der Waals surface area (Å²) in [6.07, 6.45) is 0. The third kappa shape index (κ3) is 2.64. The van der Waals surface area contributed by atoms with E-state index in [0.717, 1.165) is 18.7 Å². The highest BCUT2D eigenvalue weighted by atomic mass is 16.4. The molecule has 0 bridgehead atoms. The number of carboxylic acids is 1. The summed E-state index contributed by atoms with van der Waals surface area (Å²) in [5.41, 5.74) is 3.20. The van der Waals surface area contributed by atoms with Crippen LogP contribution < -0.4 is 10.6 Å². The molecule has 0 radical (unpaired) electrons. The van der Waals surface area contributed by atoms with E-state index in [9.17, 15) is 9.59 Å². The van der Waals surface area contributed by atoms with Crippen LogP contribution in [0, 0.1) is 0 Å². The first-order chi connectivity index (χ1) is 10.1. The number of carbonyl (C=O) groups excluding carboxylic acids is 1. The fraction of sp³-hybridized carbons (Fsp3) is 0.125. The Bertz CT molecular complexity index is 725. The molecule has 0 atom stereocenters. The largest absolute Gasteiger partial charge is 0.478 e. The highest BCUT2D eigenvalue weighted by Gasteiger charge is 2.16. The van der Waals surface area contributed by atoms with Gasteiger partial charge in [0.25, 0.3) is 5.91 Å². The van der Waals surface area contributed by atoms with E-state index < -0.39 is 5.97 Å². The van der Waals surface area contributed by atoms with E-state index in [4.69, 9.17) is 5.11 Å². The monoisotopic (exact) mass is 282 g/mol. The average molecular weight is 282 g/mol. The van der Waals surface area contributed by atoms with Crippen LogP contribution in [-0.4, -0.2) is 17.0 Å². The number of anilines is 1. The minimum atomic E-state index is -1.07. The zero-order valence-electron chi connectivity index (χ0n) is 11.2. The van der Waals surface area contributed by atoms with Crippen LogP contribution in [0.4, 0.5) is 5.69 Å². The van der Waals surface area contributed by atoms with Crippen molar-refractivity contribution in [2.24, 2.45) is 0 Å². The molecule has 2 aromatic rings. The molecule has 2 aromatic carbocycles. The van der Waals surface area contributed by atoms with Gasteiger partial charge in [0.2, 0.25) is 0 Å².